The molecule has 0 aromatic carbocycles. The van der Waals surface area contributed by atoms with Crippen LogP contribution in [-0.2, 0) is 9.47 Å². The summed E-state index contributed by atoms with van der Waals surface area (Å²) in [4.78, 5) is 16.2. The van der Waals surface area contributed by atoms with Gasteiger partial charge < -0.3 is 20.5 Å². The molecule has 1 aliphatic carbocycles. The second-order valence-electron chi connectivity index (χ2n) is 7.60. The molecule has 1 aliphatic rings. The van der Waals surface area contributed by atoms with Crippen LogP contribution in [0.15, 0.2) is 18.5 Å². The fraction of sp³-hybridized carbons (Fsp3) is 0.667. The third-order valence-electron chi connectivity index (χ3n) is 4.45. The number of nitrogens with zero attached hydrogens (tertiary/aromatic N) is 1. The quantitative estimate of drug-likeness (QED) is 0.886. The Morgan fingerprint density at radius 2 is 2.08 bits per heavy atom. The maximum atomic E-state index is 12.2. The highest BCUT2D eigenvalue weighted by atomic mass is 16.6. The second-order valence-corrected chi connectivity index (χ2v) is 7.60. The van der Waals surface area contributed by atoms with Crippen LogP contribution >= 0.6 is 0 Å². The van der Waals surface area contributed by atoms with Crippen molar-refractivity contribution < 1.29 is 14.3 Å². The molecule has 0 bridgehead atoms. The lowest BCUT2D eigenvalue weighted by atomic mass is 9.74. The van der Waals surface area contributed by atoms with Gasteiger partial charge in [-0.05, 0) is 57.1 Å². The molecule has 2 rings (SSSR count). The largest absolute Gasteiger partial charge is 0.444 e. The predicted octanol–water partition coefficient (Wildman–Crippen LogP) is 3.09. The number of anilines is 1. The number of carbonyl (C=O) groups excluding carboxylic acids is 1. The third-order valence-corrected chi connectivity index (χ3v) is 4.45. The standard InChI is InChI=1S/C18H29N3O3/c1-11-8-12(13-6-7-20-10-14(13)19)9-15(16(11)23-5)21-17(22)24-18(2,3)4/h6-7,10-12,15-16H,8-9,19H2,1-5H3,(H,21,22). The number of nitrogen functional groups attached to an aromatic ring is 1. The van der Waals surface area contributed by atoms with E-state index in [1.807, 2.05) is 26.8 Å². The van der Waals surface area contributed by atoms with Gasteiger partial charge >= 0.3 is 6.09 Å². The summed E-state index contributed by atoms with van der Waals surface area (Å²) < 4.78 is 11.0. The SMILES string of the molecule is COC1C(C)CC(c2ccncc2N)CC1NC(=O)OC(C)(C)C. The highest BCUT2D eigenvalue weighted by Gasteiger charge is 2.38. The Bertz CT molecular complexity index is 571. The summed E-state index contributed by atoms with van der Waals surface area (Å²) in [7, 11) is 1.69. The number of alkyl carbamates (subject to hydrolysis) is 1. The molecule has 1 aromatic heterocycles. The summed E-state index contributed by atoms with van der Waals surface area (Å²) in [5, 5.41) is 2.98. The fourth-order valence-corrected chi connectivity index (χ4v) is 3.56. The Hall–Kier alpha value is -1.82. The summed E-state index contributed by atoms with van der Waals surface area (Å²) in [6, 6.07) is 1.84. The zero-order valence-electron chi connectivity index (χ0n) is 15.2. The molecule has 24 heavy (non-hydrogen) atoms. The first-order chi connectivity index (χ1) is 11.2. The zero-order valence-corrected chi connectivity index (χ0v) is 15.2. The fourth-order valence-electron chi connectivity index (χ4n) is 3.56. The van der Waals surface area contributed by atoms with E-state index in [4.69, 9.17) is 15.2 Å². The number of nitrogens with two attached hydrogens (primary N) is 1. The lowest BCUT2D eigenvalue weighted by Gasteiger charge is -2.40. The van der Waals surface area contributed by atoms with Crippen LogP contribution in [0.1, 0.15) is 52.0 Å². The maximum Gasteiger partial charge on any atom is 0.407 e. The minimum atomic E-state index is -0.526. The summed E-state index contributed by atoms with van der Waals surface area (Å²) in [6.07, 6.45) is 4.70. The van der Waals surface area contributed by atoms with Crippen LogP contribution in [0.4, 0.5) is 10.5 Å². The van der Waals surface area contributed by atoms with E-state index >= 15 is 0 Å². The Balaban J connectivity index is 2.15. The van der Waals surface area contributed by atoms with Crippen molar-refractivity contribution in [3.8, 4) is 0 Å². The molecule has 0 spiro atoms. The maximum absolute atomic E-state index is 12.2. The number of hydrogen-bond donors (Lipinski definition) is 2. The zero-order chi connectivity index (χ0) is 17.9. The summed E-state index contributed by atoms with van der Waals surface area (Å²) in [5.74, 6) is 0.551. The Morgan fingerprint density at radius 1 is 1.38 bits per heavy atom. The number of aromatic nitrogens is 1. The predicted molar refractivity (Wildman–Crippen MR) is 93.7 cm³/mol. The van der Waals surface area contributed by atoms with Crippen molar-refractivity contribution >= 4 is 11.8 Å². The van der Waals surface area contributed by atoms with Crippen LogP contribution in [0.3, 0.4) is 0 Å². The highest BCUT2D eigenvalue weighted by molar-refractivity contribution is 5.68. The summed E-state index contributed by atoms with van der Waals surface area (Å²) >= 11 is 0. The first-order valence-electron chi connectivity index (χ1n) is 8.43. The number of methoxy groups -OCH3 is 1. The average molecular weight is 335 g/mol. The normalized spacial score (nSPS) is 27.5. The van der Waals surface area contributed by atoms with E-state index in [0.29, 0.717) is 11.6 Å². The second kappa shape index (κ2) is 7.38. The van der Waals surface area contributed by atoms with E-state index in [2.05, 4.69) is 17.2 Å². The Labute approximate surface area is 144 Å². The van der Waals surface area contributed by atoms with E-state index in [1.165, 1.54) is 0 Å². The lowest BCUT2D eigenvalue weighted by Crippen LogP contribution is -2.51. The van der Waals surface area contributed by atoms with E-state index < -0.39 is 11.7 Å². The van der Waals surface area contributed by atoms with E-state index in [1.54, 1.807) is 19.5 Å². The number of amides is 1. The number of nitrogens with one attached hydrogen (secondary N) is 1. The molecule has 134 valence electrons. The molecule has 6 nitrogen and oxygen atoms in total. The van der Waals surface area contributed by atoms with Crippen molar-refractivity contribution in [2.45, 2.75) is 64.2 Å². The van der Waals surface area contributed by atoms with Crippen LogP contribution in [0.25, 0.3) is 0 Å². The van der Waals surface area contributed by atoms with Crippen molar-refractivity contribution in [1.82, 2.24) is 10.3 Å². The van der Waals surface area contributed by atoms with Crippen LogP contribution < -0.4 is 11.1 Å². The molecular weight excluding hydrogens is 306 g/mol. The molecule has 0 aliphatic heterocycles. The van der Waals surface area contributed by atoms with Gasteiger partial charge in [0.05, 0.1) is 24.0 Å². The first-order valence-corrected chi connectivity index (χ1v) is 8.43. The third kappa shape index (κ3) is 4.60. The van der Waals surface area contributed by atoms with Crippen LogP contribution in [-0.4, -0.2) is 35.9 Å². The van der Waals surface area contributed by atoms with E-state index in [9.17, 15) is 4.79 Å². The Kier molecular flexibility index (Phi) is 5.70. The molecule has 0 radical (unpaired) electrons. The molecule has 1 aromatic rings. The van der Waals surface area contributed by atoms with Gasteiger partial charge in [0.15, 0.2) is 0 Å². The monoisotopic (exact) mass is 335 g/mol. The van der Waals surface area contributed by atoms with Crippen molar-refractivity contribution in [3.05, 3.63) is 24.0 Å². The number of ether oxygens (including phenoxy) is 2. The Morgan fingerprint density at radius 3 is 2.67 bits per heavy atom. The molecule has 4 unspecified atom stereocenters. The topological polar surface area (TPSA) is 86.5 Å². The number of carbonyl (C=O) groups is 1. The molecule has 1 amide bonds. The minimum Gasteiger partial charge on any atom is -0.444 e. The van der Waals surface area contributed by atoms with E-state index in [0.717, 1.165) is 18.4 Å². The van der Waals surface area contributed by atoms with Gasteiger partial charge in [-0.3, -0.25) is 4.98 Å². The molecular formula is C18H29N3O3. The van der Waals surface area contributed by atoms with Crippen molar-refractivity contribution in [2.75, 3.05) is 12.8 Å². The molecule has 4 atom stereocenters. The molecule has 0 saturated heterocycles. The first kappa shape index (κ1) is 18.5. The number of pyridine rings is 1. The van der Waals surface area contributed by atoms with Gasteiger partial charge in [0.1, 0.15) is 5.60 Å². The molecule has 1 fully saturated rings. The minimum absolute atomic E-state index is 0.0446. The highest BCUT2D eigenvalue weighted by Crippen LogP contribution is 2.39. The molecule has 1 heterocycles. The van der Waals surface area contributed by atoms with Gasteiger partial charge in [0.25, 0.3) is 0 Å². The van der Waals surface area contributed by atoms with Crippen molar-refractivity contribution in [1.29, 1.82) is 0 Å². The van der Waals surface area contributed by atoms with Gasteiger partial charge in [-0.2, -0.15) is 0 Å². The van der Waals surface area contributed by atoms with Gasteiger partial charge in [0, 0.05) is 13.3 Å². The van der Waals surface area contributed by atoms with Crippen LogP contribution in [0.5, 0.6) is 0 Å². The van der Waals surface area contributed by atoms with Gasteiger partial charge in [-0.1, -0.05) is 6.92 Å². The van der Waals surface area contributed by atoms with Crippen LogP contribution in [0, 0.1) is 5.92 Å². The molecule has 1 saturated carbocycles. The number of hydrogen-bond acceptors (Lipinski definition) is 5. The van der Waals surface area contributed by atoms with Crippen LogP contribution in [0.2, 0.25) is 0 Å². The smallest absolute Gasteiger partial charge is 0.407 e. The van der Waals surface area contributed by atoms with Gasteiger partial charge in [-0.25, -0.2) is 4.79 Å². The average Bonchev–Trinajstić information content (AvgIpc) is 2.45. The van der Waals surface area contributed by atoms with E-state index in [-0.39, 0.29) is 18.1 Å². The van der Waals surface area contributed by atoms with Crippen molar-refractivity contribution in [2.24, 2.45) is 5.92 Å². The number of rotatable bonds is 3. The summed E-state index contributed by atoms with van der Waals surface area (Å²) in [5.41, 5.74) is 7.34. The van der Waals surface area contributed by atoms with Gasteiger partial charge in [0.2, 0.25) is 0 Å². The lowest BCUT2D eigenvalue weighted by molar-refractivity contribution is -0.00868. The molecule has 3 N–H and O–H groups in total. The van der Waals surface area contributed by atoms with Gasteiger partial charge in [-0.15, -0.1) is 0 Å². The summed E-state index contributed by atoms with van der Waals surface area (Å²) in [6.45, 7) is 7.69. The van der Waals surface area contributed by atoms with Crippen molar-refractivity contribution in [3.63, 3.8) is 0 Å². The molecule has 6 heteroatoms.